The van der Waals surface area contributed by atoms with E-state index in [1.807, 2.05) is 0 Å². The van der Waals surface area contributed by atoms with Crippen LogP contribution in [0, 0.1) is 11.8 Å². The van der Waals surface area contributed by atoms with Crippen molar-refractivity contribution in [1.29, 1.82) is 0 Å². The van der Waals surface area contributed by atoms with Crippen molar-refractivity contribution in [2.75, 3.05) is 33.5 Å². The summed E-state index contributed by atoms with van der Waals surface area (Å²) in [5.41, 5.74) is 1.07. The predicted molar refractivity (Wildman–Crippen MR) is 104 cm³/mol. The monoisotopic (exact) mass is 373 g/mol. The van der Waals surface area contributed by atoms with E-state index in [0.717, 1.165) is 45.0 Å². The molecular weight excluding hydrogens is 342 g/mol. The second-order valence-electron chi connectivity index (χ2n) is 7.79. The molecule has 0 atom stereocenters. The van der Waals surface area contributed by atoms with Crippen LogP contribution in [0.15, 0.2) is 24.3 Å². The van der Waals surface area contributed by atoms with E-state index in [0.29, 0.717) is 23.6 Å². The van der Waals surface area contributed by atoms with Gasteiger partial charge in [-0.05, 0) is 68.9 Å². The van der Waals surface area contributed by atoms with Crippen LogP contribution >= 0.6 is 0 Å². The Hall–Kier alpha value is -1.72. The fraction of sp³-hybridized carbons (Fsp3) is 0.636. The summed E-state index contributed by atoms with van der Waals surface area (Å²) in [7, 11) is 1.78. The third kappa shape index (κ3) is 5.17. The first-order valence-corrected chi connectivity index (χ1v) is 10.2. The van der Waals surface area contributed by atoms with Crippen molar-refractivity contribution < 1.29 is 19.1 Å². The highest BCUT2D eigenvalue weighted by atomic mass is 16.5. The van der Waals surface area contributed by atoms with E-state index in [1.54, 1.807) is 31.4 Å². The summed E-state index contributed by atoms with van der Waals surface area (Å²) in [6.45, 7) is 3.01. The molecule has 1 saturated carbocycles. The zero-order valence-electron chi connectivity index (χ0n) is 16.3. The predicted octanol–water partition coefficient (Wildman–Crippen LogP) is 3.92. The Morgan fingerprint density at radius 2 is 1.48 bits per heavy atom. The van der Waals surface area contributed by atoms with Gasteiger partial charge in [0.15, 0.2) is 0 Å². The number of benzene rings is 1. The lowest BCUT2D eigenvalue weighted by molar-refractivity contribution is 0.0595. The topological polar surface area (TPSA) is 55.8 Å². The zero-order valence-corrected chi connectivity index (χ0v) is 16.3. The first-order valence-electron chi connectivity index (χ1n) is 10.2. The van der Waals surface area contributed by atoms with E-state index in [2.05, 4.69) is 0 Å². The van der Waals surface area contributed by atoms with Gasteiger partial charge in [-0.3, -0.25) is 14.5 Å². The summed E-state index contributed by atoms with van der Waals surface area (Å²) >= 11 is 0. The average Bonchev–Trinajstić information content (AvgIpc) is 2.94. The molecule has 3 rings (SSSR count). The molecule has 27 heavy (non-hydrogen) atoms. The largest absolute Gasteiger partial charge is 0.384 e. The SMILES string of the molecule is COC[C@H]1CC[C@H](COCCCCCN2C(=O)c3ccccc3C2=O)CC1. The average molecular weight is 373 g/mol. The minimum atomic E-state index is -0.157. The van der Waals surface area contributed by atoms with Crippen molar-refractivity contribution in [1.82, 2.24) is 4.90 Å². The minimum absolute atomic E-state index is 0.157. The Morgan fingerprint density at radius 3 is 2.07 bits per heavy atom. The molecule has 0 aromatic heterocycles. The standard InChI is InChI=1S/C22H31NO4/c1-26-15-17-9-11-18(12-10-17)16-27-14-6-2-5-13-23-21(24)19-7-3-4-8-20(19)22(23)25/h3-4,7-8,17-18H,2,5-6,9-16H2,1H3/t17-,18-. The van der Waals surface area contributed by atoms with Crippen molar-refractivity contribution >= 4 is 11.8 Å². The maximum Gasteiger partial charge on any atom is 0.261 e. The van der Waals surface area contributed by atoms with Gasteiger partial charge in [0.05, 0.1) is 11.1 Å². The summed E-state index contributed by atoms with van der Waals surface area (Å²) < 4.78 is 11.1. The molecule has 5 nitrogen and oxygen atoms in total. The van der Waals surface area contributed by atoms with E-state index in [4.69, 9.17) is 9.47 Å². The number of methoxy groups -OCH3 is 1. The van der Waals surface area contributed by atoms with Crippen LogP contribution in [0.2, 0.25) is 0 Å². The molecule has 2 amide bonds. The van der Waals surface area contributed by atoms with Gasteiger partial charge < -0.3 is 9.47 Å². The van der Waals surface area contributed by atoms with E-state index in [-0.39, 0.29) is 11.8 Å². The Kier molecular flexibility index (Phi) is 7.41. The molecule has 0 saturated heterocycles. The van der Waals surface area contributed by atoms with Gasteiger partial charge in [0, 0.05) is 33.5 Å². The summed E-state index contributed by atoms with van der Waals surface area (Å²) in [4.78, 5) is 25.9. The minimum Gasteiger partial charge on any atom is -0.384 e. The smallest absolute Gasteiger partial charge is 0.261 e. The Balaban J connectivity index is 1.25. The molecule has 0 bridgehead atoms. The maximum absolute atomic E-state index is 12.3. The molecule has 148 valence electrons. The molecule has 0 radical (unpaired) electrons. The number of unbranched alkanes of at least 4 members (excludes halogenated alkanes) is 2. The van der Waals surface area contributed by atoms with Crippen molar-refractivity contribution in [3.63, 3.8) is 0 Å². The van der Waals surface area contributed by atoms with Crippen LogP contribution in [0.25, 0.3) is 0 Å². The lowest BCUT2D eigenvalue weighted by Crippen LogP contribution is -2.30. The first-order chi connectivity index (χ1) is 13.2. The van der Waals surface area contributed by atoms with Crippen LogP contribution in [-0.4, -0.2) is 50.2 Å². The third-order valence-electron chi connectivity index (χ3n) is 5.77. The number of fused-ring (bicyclic) bond motifs is 1. The van der Waals surface area contributed by atoms with Gasteiger partial charge in [-0.2, -0.15) is 0 Å². The van der Waals surface area contributed by atoms with Gasteiger partial charge in [0.25, 0.3) is 11.8 Å². The Morgan fingerprint density at radius 1 is 0.889 bits per heavy atom. The summed E-state index contributed by atoms with van der Waals surface area (Å²) in [6.07, 6.45) is 7.76. The van der Waals surface area contributed by atoms with Crippen LogP contribution in [0.3, 0.4) is 0 Å². The number of carbonyl (C=O) groups excluding carboxylic acids is 2. The molecule has 1 aromatic carbocycles. The molecule has 0 spiro atoms. The number of hydrogen-bond donors (Lipinski definition) is 0. The Bertz CT molecular complexity index is 602. The van der Waals surface area contributed by atoms with Crippen LogP contribution in [0.5, 0.6) is 0 Å². The first kappa shape index (κ1) is 20.0. The molecule has 1 aliphatic heterocycles. The van der Waals surface area contributed by atoms with Gasteiger partial charge in [0.1, 0.15) is 0 Å². The van der Waals surface area contributed by atoms with E-state index in [1.165, 1.54) is 30.6 Å². The molecule has 1 aliphatic carbocycles. The number of hydrogen-bond acceptors (Lipinski definition) is 4. The quantitative estimate of drug-likeness (QED) is 0.461. The lowest BCUT2D eigenvalue weighted by Gasteiger charge is -2.27. The lowest BCUT2D eigenvalue weighted by atomic mass is 9.83. The van der Waals surface area contributed by atoms with E-state index >= 15 is 0 Å². The maximum atomic E-state index is 12.3. The van der Waals surface area contributed by atoms with Gasteiger partial charge >= 0.3 is 0 Å². The van der Waals surface area contributed by atoms with Gasteiger partial charge in [-0.1, -0.05) is 12.1 Å². The number of imide groups is 1. The van der Waals surface area contributed by atoms with Gasteiger partial charge in [-0.15, -0.1) is 0 Å². The van der Waals surface area contributed by atoms with Crippen molar-refractivity contribution in [2.45, 2.75) is 44.9 Å². The zero-order chi connectivity index (χ0) is 19.1. The molecule has 2 aliphatic rings. The van der Waals surface area contributed by atoms with E-state index in [9.17, 15) is 9.59 Å². The third-order valence-corrected chi connectivity index (χ3v) is 5.77. The number of ether oxygens (including phenoxy) is 2. The molecule has 5 heteroatoms. The van der Waals surface area contributed by atoms with Crippen LogP contribution in [-0.2, 0) is 9.47 Å². The highest BCUT2D eigenvalue weighted by Crippen LogP contribution is 2.29. The summed E-state index contributed by atoms with van der Waals surface area (Å²) in [5.74, 6) is 1.11. The number of amides is 2. The Labute approximate surface area is 162 Å². The molecule has 1 heterocycles. The second-order valence-corrected chi connectivity index (χ2v) is 7.79. The molecule has 0 unspecified atom stereocenters. The molecular formula is C22H31NO4. The fourth-order valence-electron chi connectivity index (χ4n) is 4.14. The number of carbonyl (C=O) groups is 2. The normalized spacial score (nSPS) is 22.3. The second kappa shape index (κ2) is 10.00. The summed E-state index contributed by atoms with van der Waals surface area (Å²) in [6, 6.07) is 7.06. The van der Waals surface area contributed by atoms with Crippen LogP contribution in [0.1, 0.15) is 65.7 Å². The summed E-state index contributed by atoms with van der Waals surface area (Å²) in [5, 5.41) is 0. The van der Waals surface area contributed by atoms with Crippen molar-refractivity contribution in [3.05, 3.63) is 35.4 Å². The van der Waals surface area contributed by atoms with Crippen LogP contribution < -0.4 is 0 Å². The van der Waals surface area contributed by atoms with Gasteiger partial charge in [0.2, 0.25) is 0 Å². The van der Waals surface area contributed by atoms with Crippen molar-refractivity contribution in [3.8, 4) is 0 Å². The highest BCUT2D eigenvalue weighted by molar-refractivity contribution is 6.21. The number of rotatable bonds is 10. The molecule has 0 N–H and O–H groups in total. The highest BCUT2D eigenvalue weighted by Gasteiger charge is 2.34. The fourth-order valence-corrected chi connectivity index (χ4v) is 4.14. The van der Waals surface area contributed by atoms with Crippen molar-refractivity contribution in [2.24, 2.45) is 11.8 Å². The molecule has 1 aromatic rings. The van der Waals surface area contributed by atoms with Gasteiger partial charge in [-0.25, -0.2) is 0 Å². The molecule has 1 fully saturated rings. The van der Waals surface area contributed by atoms with Crippen LogP contribution in [0.4, 0.5) is 0 Å². The number of nitrogens with zero attached hydrogens (tertiary/aromatic N) is 1. The van der Waals surface area contributed by atoms with E-state index < -0.39 is 0 Å².